The summed E-state index contributed by atoms with van der Waals surface area (Å²) in [5.74, 6) is -4.23. The molecule has 184 valence electrons. The number of rotatable bonds is 9. The molecule has 9 nitrogen and oxygen atoms in total. The van der Waals surface area contributed by atoms with Crippen molar-refractivity contribution in [2.75, 3.05) is 6.61 Å². The van der Waals surface area contributed by atoms with Crippen LogP contribution in [0.25, 0.3) is 11.1 Å². The zero-order chi connectivity index (χ0) is 25.8. The number of non-ortho nitro benzene ring substituents is 1. The summed E-state index contributed by atoms with van der Waals surface area (Å²) >= 11 is 0. The summed E-state index contributed by atoms with van der Waals surface area (Å²) < 4.78 is 5.03. The number of carbonyl (C=O) groups is 3. The highest BCUT2D eigenvalue weighted by Crippen LogP contribution is 2.44. The van der Waals surface area contributed by atoms with E-state index in [-0.39, 0.29) is 18.7 Å². The molecule has 3 aromatic carbocycles. The second-order valence-electron chi connectivity index (χ2n) is 8.40. The third-order valence-corrected chi connectivity index (χ3v) is 6.29. The van der Waals surface area contributed by atoms with E-state index in [1.165, 1.54) is 24.3 Å². The van der Waals surface area contributed by atoms with Crippen molar-refractivity contribution in [1.29, 1.82) is 0 Å². The summed E-state index contributed by atoms with van der Waals surface area (Å²) in [6.07, 6.45) is -0.333. The Kier molecular flexibility index (Phi) is 7.10. The fourth-order valence-electron chi connectivity index (χ4n) is 4.68. The van der Waals surface area contributed by atoms with Gasteiger partial charge in [0.2, 0.25) is 5.91 Å². The number of aliphatic carboxylic acids is 1. The molecule has 2 N–H and O–H groups in total. The maximum atomic E-state index is 13.6. The molecule has 0 aromatic heterocycles. The van der Waals surface area contributed by atoms with Gasteiger partial charge in [-0.05, 0) is 34.7 Å². The van der Waals surface area contributed by atoms with Crippen LogP contribution in [0.1, 0.15) is 41.9 Å². The average molecular weight is 488 g/mol. The first-order valence-electron chi connectivity index (χ1n) is 11.4. The smallest absolute Gasteiger partial charge is 0.326 e. The van der Waals surface area contributed by atoms with Crippen molar-refractivity contribution in [2.45, 2.75) is 31.2 Å². The SMILES string of the molecule is CCOC(=O)C[C@@H](c1ccc([N+](=O)[O-])cc1)[C@H](NC(=O)C1c2ccccc2-c2ccccc21)C(=O)O. The van der Waals surface area contributed by atoms with Crippen LogP contribution in [-0.4, -0.2) is 40.5 Å². The molecule has 0 heterocycles. The molecule has 1 amide bonds. The Hall–Kier alpha value is -4.53. The lowest BCUT2D eigenvalue weighted by molar-refractivity contribution is -0.384. The molecule has 1 aliphatic carbocycles. The molecular weight excluding hydrogens is 464 g/mol. The van der Waals surface area contributed by atoms with E-state index in [9.17, 15) is 29.6 Å². The lowest BCUT2D eigenvalue weighted by Crippen LogP contribution is -2.47. The van der Waals surface area contributed by atoms with Crippen LogP contribution in [0.5, 0.6) is 0 Å². The molecule has 1 aliphatic rings. The summed E-state index contributed by atoms with van der Waals surface area (Å²) in [6.45, 7) is 1.73. The highest BCUT2D eigenvalue weighted by molar-refractivity contribution is 5.98. The highest BCUT2D eigenvalue weighted by atomic mass is 16.6. The van der Waals surface area contributed by atoms with Crippen molar-refractivity contribution >= 4 is 23.5 Å². The Bertz CT molecular complexity index is 1270. The first-order valence-corrected chi connectivity index (χ1v) is 11.4. The molecule has 0 saturated heterocycles. The van der Waals surface area contributed by atoms with Crippen LogP contribution in [-0.2, 0) is 19.1 Å². The number of hydrogen-bond donors (Lipinski definition) is 2. The van der Waals surface area contributed by atoms with Crippen LogP contribution in [0.2, 0.25) is 0 Å². The van der Waals surface area contributed by atoms with Crippen LogP contribution < -0.4 is 5.32 Å². The zero-order valence-electron chi connectivity index (χ0n) is 19.4. The third-order valence-electron chi connectivity index (χ3n) is 6.29. The number of fused-ring (bicyclic) bond motifs is 3. The minimum Gasteiger partial charge on any atom is -0.480 e. The van der Waals surface area contributed by atoms with Crippen molar-refractivity contribution in [3.63, 3.8) is 0 Å². The number of ether oxygens (including phenoxy) is 1. The second-order valence-corrected chi connectivity index (χ2v) is 8.40. The van der Waals surface area contributed by atoms with Crippen molar-refractivity contribution in [3.05, 3.63) is 99.6 Å². The number of carboxylic acid groups (broad SMARTS) is 1. The summed E-state index contributed by atoms with van der Waals surface area (Å²) in [7, 11) is 0. The Morgan fingerprint density at radius 2 is 1.53 bits per heavy atom. The molecule has 0 unspecified atom stereocenters. The van der Waals surface area contributed by atoms with Crippen LogP contribution >= 0.6 is 0 Å². The number of carboxylic acids is 1. The van der Waals surface area contributed by atoms with Crippen LogP contribution in [0.4, 0.5) is 5.69 Å². The van der Waals surface area contributed by atoms with E-state index in [0.717, 1.165) is 22.3 Å². The molecule has 36 heavy (non-hydrogen) atoms. The van der Waals surface area contributed by atoms with Crippen molar-refractivity contribution < 1.29 is 29.2 Å². The molecule has 4 rings (SSSR count). The van der Waals surface area contributed by atoms with Crippen LogP contribution in [0.3, 0.4) is 0 Å². The van der Waals surface area contributed by atoms with Gasteiger partial charge in [-0.15, -0.1) is 0 Å². The number of amides is 1. The third kappa shape index (κ3) is 4.81. The molecule has 0 aliphatic heterocycles. The maximum Gasteiger partial charge on any atom is 0.326 e. The number of nitro benzene ring substituents is 1. The first kappa shape index (κ1) is 24.6. The van der Waals surface area contributed by atoms with E-state index >= 15 is 0 Å². The average Bonchev–Trinajstić information content (AvgIpc) is 3.21. The summed E-state index contributed by atoms with van der Waals surface area (Å²) in [4.78, 5) is 48.8. The molecule has 0 fully saturated rings. The lowest BCUT2D eigenvalue weighted by Gasteiger charge is -2.26. The van der Waals surface area contributed by atoms with Gasteiger partial charge in [-0.1, -0.05) is 60.7 Å². The minimum atomic E-state index is -1.48. The normalized spacial score (nSPS) is 13.7. The molecule has 3 aromatic rings. The summed E-state index contributed by atoms with van der Waals surface area (Å²) in [6, 6.07) is 18.7. The molecule has 0 bridgehead atoms. The van der Waals surface area contributed by atoms with Crippen molar-refractivity contribution in [3.8, 4) is 11.1 Å². The Balaban J connectivity index is 1.69. The fourth-order valence-corrected chi connectivity index (χ4v) is 4.68. The predicted molar refractivity (Wildman–Crippen MR) is 130 cm³/mol. The number of hydrogen-bond acceptors (Lipinski definition) is 6. The van der Waals surface area contributed by atoms with Gasteiger partial charge in [0.05, 0.1) is 23.9 Å². The van der Waals surface area contributed by atoms with E-state index < -0.39 is 40.6 Å². The summed E-state index contributed by atoms with van der Waals surface area (Å²) in [5, 5.41) is 23.8. The lowest BCUT2D eigenvalue weighted by atomic mass is 9.87. The second kappa shape index (κ2) is 10.4. The van der Waals surface area contributed by atoms with E-state index in [1.54, 1.807) is 6.92 Å². The highest BCUT2D eigenvalue weighted by Gasteiger charge is 2.38. The largest absolute Gasteiger partial charge is 0.480 e. The number of esters is 1. The van der Waals surface area contributed by atoms with Gasteiger partial charge in [-0.25, -0.2) is 4.79 Å². The quantitative estimate of drug-likeness (QED) is 0.264. The van der Waals surface area contributed by atoms with Crippen molar-refractivity contribution in [2.24, 2.45) is 0 Å². The Morgan fingerprint density at radius 1 is 0.972 bits per heavy atom. The molecule has 2 atom stereocenters. The Labute approximate surface area is 206 Å². The topological polar surface area (TPSA) is 136 Å². The van der Waals surface area contributed by atoms with E-state index in [0.29, 0.717) is 5.56 Å². The van der Waals surface area contributed by atoms with Crippen LogP contribution in [0, 0.1) is 10.1 Å². The van der Waals surface area contributed by atoms with E-state index in [2.05, 4.69) is 5.32 Å². The number of carbonyl (C=O) groups excluding carboxylic acids is 2. The number of nitro groups is 1. The van der Waals surface area contributed by atoms with Gasteiger partial charge in [-0.3, -0.25) is 19.7 Å². The summed E-state index contributed by atoms with van der Waals surface area (Å²) in [5.41, 5.74) is 3.50. The van der Waals surface area contributed by atoms with Gasteiger partial charge in [0.1, 0.15) is 6.04 Å². The van der Waals surface area contributed by atoms with Gasteiger partial charge in [-0.2, -0.15) is 0 Å². The first-order chi connectivity index (χ1) is 17.3. The molecule has 0 spiro atoms. The van der Waals surface area contributed by atoms with Gasteiger partial charge >= 0.3 is 11.9 Å². The monoisotopic (exact) mass is 488 g/mol. The number of nitrogens with zero attached hydrogens (tertiary/aromatic N) is 1. The minimum absolute atomic E-state index is 0.103. The van der Waals surface area contributed by atoms with Gasteiger partial charge in [0, 0.05) is 18.1 Å². The fraction of sp³-hybridized carbons (Fsp3) is 0.222. The standard InChI is InChI=1S/C27H24N2O7/c1-2-36-23(30)15-22(16-11-13-17(14-12-16)29(34)35)25(27(32)33)28-26(31)24-20-9-5-3-7-18(20)19-8-4-6-10-21(19)24/h3-14,22,24-25H,2,15H2,1H3,(H,28,31)(H,32,33)/t22-,25-/m0/s1. The van der Waals surface area contributed by atoms with Gasteiger partial charge in [0.15, 0.2) is 0 Å². The molecule has 9 heteroatoms. The number of nitrogens with one attached hydrogen (secondary N) is 1. The molecule has 0 radical (unpaired) electrons. The molecule has 0 saturated carbocycles. The Morgan fingerprint density at radius 3 is 2.03 bits per heavy atom. The van der Waals surface area contributed by atoms with Gasteiger partial charge in [0.25, 0.3) is 5.69 Å². The van der Waals surface area contributed by atoms with E-state index in [4.69, 9.17) is 4.74 Å². The van der Waals surface area contributed by atoms with Crippen LogP contribution in [0.15, 0.2) is 72.8 Å². The predicted octanol–water partition coefficient (Wildman–Crippen LogP) is 4.01. The maximum absolute atomic E-state index is 13.6. The van der Waals surface area contributed by atoms with E-state index in [1.807, 2.05) is 48.5 Å². The number of benzene rings is 3. The van der Waals surface area contributed by atoms with Crippen molar-refractivity contribution in [1.82, 2.24) is 5.32 Å². The zero-order valence-corrected chi connectivity index (χ0v) is 19.4. The van der Waals surface area contributed by atoms with Gasteiger partial charge < -0.3 is 15.2 Å². The molecular formula is C27H24N2O7.